The van der Waals surface area contributed by atoms with Crippen molar-refractivity contribution in [3.63, 3.8) is 0 Å². The lowest BCUT2D eigenvalue weighted by Crippen LogP contribution is -2.25. The van der Waals surface area contributed by atoms with Crippen LogP contribution in [0.1, 0.15) is 46.0 Å². The van der Waals surface area contributed by atoms with Crippen LogP contribution in [0.15, 0.2) is 0 Å². The molecular formula is C13H24O5. The smallest absolute Gasteiger partial charge is 0.308 e. The third kappa shape index (κ3) is 8.98. The Morgan fingerprint density at radius 1 is 1.28 bits per heavy atom. The zero-order valence-electron chi connectivity index (χ0n) is 11.3. The maximum absolute atomic E-state index is 11.5. The molecule has 0 aromatic heterocycles. The third-order valence-electron chi connectivity index (χ3n) is 2.67. The largest absolute Gasteiger partial charge is 0.465 e. The van der Waals surface area contributed by atoms with Crippen LogP contribution >= 0.6 is 0 Å². The average Bonchev–Trinajstić information content (AvgIpc) is 2.38. The van der Waals surface area contributed by atoms with Crippen molar-refractivity contribution in [3.05, 3.63) is 0 Å². The molecule has 5 nitrogen and oxygen atoms in total. The Labute approximate surface area is 108 Å². The number of hydrogen-bond donors (Lipinski definition) is 1. The number of carbonyl (C=O) groups is 2. The highest BCUT2D eigenvalue weighted by Gasteiger charge is 2.16. The second-order valence-corrected chi connectivity index (χ2v) is 4.46. The number of aliphatic hydroxyl groups excluding tert-OH is 1. The van der Waals surface area contributed by atoms with Crippen molar-refractivity contribution in [3.8, 4) is 0 Å². The highest BCUT2D eigenvalue weighted by molar-refractivity contribution is 5.71. The molecule has 1 N–H and O–H groups in total. The van der Waals surface area contributed by atoms with Crippen LogP contribution in [0, 0.1) is 5.92 Å². The first-order valence-corrected chi connectivity index (χ1v) is 6.51. The molecule has 18 heavy (non-hydrogen) atoms. The summed E-state index contributed by atoms with van der Waals surface area (Å²) in [4.78, 5) is 21.4. The van der Waals surface area contributed by atoms with Gasteiger partial charge in [0, 0.05) is 0 Å². The lowest BCUT2D eigenvalue weighted by Gasteiger charge is -2.13. The number of aliphatic hydroxyl groups is 1. The molecule has 0 spiro atoms. The lowest BCUT2D eigenvalue weighted by molar-refractivity contribution is -0.152. The Hall–Kier alpha value is -1.10. The van der Waals surface area contributed by atoms with Gasteiger partial charge in [0.2, 0.25) is 0 Å². The number of ether oxygens (including phenoxy) is 2. The predicted molar refractivity (Wildman–Crippen MR) is 66.9 cm³/mol. The van der Waals surface area contributed by atoms with E-state index in [0.717, 1.165) is 19.3 Å². The summed E-state index contributed by atoms with van der Waals surface area (Å²) in [5.74, 6) is -0.460. The Bertz CT molecular complexity index is 229. The monoisotopic (exact) mass is 260 g/mol. The van der Waals surface area contributed by atoms with Gasteiger partial charge in [0.05, 0.1) is 5.92 Å². The third-order valence-corrected chi connectivity index (χ3v) is 2.67. The fourth-order valence-electron chi connectivity index (χ4n) is 1.51. The molecular weight excluding hydrogens is 236 g/mol. The minimum atomic E-state index is -0.952. The Kier molecular flexibility index (Phi) is 10.3. The van der Waals surface area contributed by atoms with Gasteiger partial charge < -0.3 is 14.6 Å². The molecule has 5 heteroatoms. The molecule has 0 aliphatic carbocycles. The van der Waals surface area contributed by atoms with Crippen LogP contribution in [-0.4, -0.2) is 36.9 Å². The Balaban J connectivity index is 3.63. The average molecular weight is 260 g/mol. The molecule has 2 atom stereocenters. The quantitative estimate of drug-likeness (QED) is 0.347. The van der Waals surface area contributed by atoms with E-state index in [9.17, 15) is 14.7 Å². The second-order valence-electron chi connectivity index (χ2n) is 4.46. The van der Waals surface area contributed by atoms with Gasteiger partial charge in [-0.1, -0.05) is 39.5 Å². The summed E-state index contributed by atoms with van der Waals surface area (Å²) in [6.07, 6.45) is 4.35. The molecule has 0 radical (unpaired) electrons. The van der Waals surface area contributed by atoms with Crippen molar-refractivity contribution in [2.75, 3.05) is 13.2 Å². The van der Waals surface area contributed by atoms with Crippen LogP contribution in [-0.2, 0) is 19.1 Å². The molecule has 0 fully saturated rings. The fourth-order valence-corrected chi connectivity index (χ4v) is 1.51. The standard InChI is InChI=1S/C13H24O5/c1-3-4-5-6-7-11(2)13(16)18-9-12(15)8-17-10-14/h10-12,15H,3-9H2,1-2H3. The van der Waals surface area contributed by atoms with E-state index < -0.39 is 6.10 Å². The van der Waals surface area contributed by atoms with Crippen LogP contribution in [0.5, 0.6) is 0 Å². The van der Waals surface area contributed by atoms with E-state index in [0.29, 0.717) is 0 Å². The van der Waals surface area contributed by atoms with E-state index >= 15 is 0 Å². The van der Waals surface area contributed by atoms with Crippen LogP contribution in [0.3, 0.4) is 0 Å². The molecule has 0 saturated carbocycles. The van der Waals surface area contributed by atoms with Gasteiger partial charge in [-0.25, -0.2) is 0 Å². The van der Waals surface area contributed by atoms with E-state index in [2.05, 4.69) is 11.7 Å². The van der Waals surface area contributed by atoms with Crippen LogP contribution in [0.25, 0.3) is 0 Å². The van der Waals surface area contributed by atoms with Gasteiger partial charge in [0.25, 0.3) is 6.47 Å². The van der Waals surface area contributed by atoms with Crippen molar-refractivity contribution in [2.24, 2.45) is 5.92 Å². The minimum absolute atomic E-state index is 0.133. The summed E-state index contributed by atoms with van der Waals surface area (Å²) in [5, 5.41) is 9.30. The SMILES string of the molecule is CCCCCCC(C)C(=O)OCC(O)COC=O. The molecule has 106 valence electrons. The molecule has 0 aromatic rings. The van der Waals surface area contributed by atoms with Crippen molar-refractivity contribution >= 4 is 12.4 Å². The first-order chi connectivity index (χ1) is 8.61. The summed E-state index contributed by atoms with van der Waals surface area (Å²) in [6.45, 7) is 3.93. The lowest BCUT2D eigenvalue weighted by atomic mass is 10.0. The van der Waals surface area contributed by atoms with Crippen LogP contribution < -0.4 is 0 Å². The number of rotatable bonds is 11. The molecule has 0 aromatic carbocycles. The molecule has 2 unspecified atom stereocenters. The van der Waals surface area contributed by atoms with Crippen molar-refractivity contribution in [1.82, 2.24) is 0 Å². The van der Waals surface area contributed by atoms with Gasteiger partial charge >= 0.3 is 5.97 Å². The Morgan fingerprint density at radius 3 is 2.61 bits per heavy atom. The predicted octanol–water partition coefficient (Wildman–Crippen LogP) is 1.67. The van der Waals surface area contributed by atoms with E-state index in [4.69, 9.17) is 4.74 Å². The zero-order chi connectivity index (χ0) is 13.8. The molecule has 0 heterocycles. The molecule has 0 amide bonds. The fraction of sp³-hybridized carbons (Fsp3) is 0.846. The van der Waals surface area contributed by atoms with Gasteiger partial charge in [-0.15, -0.1) is 0 Å². The highest BCUT2D eigenvalue weighted by Crippen LogP contribution is 2.12. The first-order valence-electron chi connectivity index (χ1n) is 6.51. The number of esters is 1. The van der Waals surface area contributed by atoms with Gasteiger partial charge in [-0.05, 0) is 6.42 Å². The normalized spacial score (nSPS) is 13.7. The Morgan fingerprint density at radius 2 is 2.00 bits per heavy atom. The van der Waals surface area contributed by atoms with E-state index in [-0.39, 0.29) is 31.6 Å². The van der Waals surface area contributed by atoms with Crippen molar-refractivity contribution < 1.29 is 24.2 Å². The number of unbranched alkanes of at least 4 members (excludes halogenated alkanes) is 3. The summed E-state index contributed by atoms with van der Waals surface area (Å²) < 4.78 is 9.29. The maximum atomic E-state index is 11.5. The zero-order valence-corrected chi connectivity index (χ0v) is 11.3. The summed E-state index contributed by atoms with van der Waals surface area (Å²) in [5.41, 5.74) is 0. The molecule has 0 aliphatic rings. The van der Waals surface area contributed by atoms with Crippen LogP contribution in [0.4, 0.5) is 0 Å². The van der Waals surface area contributed by atoms with Gasteiger partial charge in [0.15, 0.2) is 0 Å². The van der Waals surface area contributed by atoms with E-state index in [1.54, 1.807) is 0 Å². The highest BCUT2D eigenvalue weighted by atomic mass is 16.6. The molecule has 0 rings (SSSR count). The van der Waals surface area contributed by atoms with Gasteiger partial charge in [-0.2, -0.15) is 0 Å². The second kappa shape index (κ2) is 11.0. The summed E-state index contributed by atoms with van der Waals surface area (Å²) >= 11 is 0. The molecule has 0 bridgehead atoms. The van der Waals surface area contributed by atoms with E-state index in [1.807, 2.05) is 6.92 Å². The summed E-state index contributed by atoms with van der Waals surface area (Å²) in [6, 6.07) is 0. The number of carbonyl (C=O) groups excluding carboxylic acids is 2. The minimum Gasteiger partial charge on any atom is -0.465 e. The summed E-state index contributed by atoms with van der Waals surface area (Å²) in [7, 11) is 0. The van der Waals surface area contributed by atoms with E-state index in [1.165, 1.54) is 12.8 Å². The number of hydrogen-bond acceptors (Lipinski definition) is 5. The molecule has 0 aliphatic heterocycles. The van der Waals surface area contributed by atoms with Gasteiger partial charge in [0.1, 0.15) is 19.3 Å². The molecule has 0 saturated heterocycles. The van der Waals surface area contributed by atoms with Crippen LogP contribution in [0.2, 0.25) is 0 Å². The van der Waals surface area contributed by atoms with Crippen molar-refractivity contribution in [2.45, 2.75) is 52.1 Å². The van der Waals surface area contributed by atoms with Gasteiger partial charge in [-0.3, -0.25) is 9.59 Å². The van der Waals surface area contributed by atoms with Crippen molar-refractivity contribution in [1.29, 1.82) is 0 Å². The first kappa shape index (κ1) is 16.9. The topological polar surface area (TPSA) is 72.8 Å². The maximum Gasteiger partial charge on any atom is 0.308 e.